The van der Waals surface area contributed by atoms with Gasteiger partial charge in [-0.25, -0.2) is 0 Å². The molecule has 0 bridgehead atoms. The van der Waals surface area contributed by atoms with Crippen LogP contribution in [0.2, 0.25) is 0 Å². The Bertz CT molecular complexity index is 576. The molecular weight excluding hydrogens is 338 g/mol. The van der Waals surface area contributed by atoms with Gasteiger partial charge < -0.3 is 10.1 Å². The van der Waals surface area contributed by atoms with Crippen molar-refractivity contribution >= 4 is 11.6 Å². The van der Waals surface area contributed by atoms with Gasteiger partial charge >= 0.3 is 0 Å². The molecule has 1 unspecified atom stereocenters. The summed E-state index contributed by atoms with van der Waals surface area (Å²) in [5.41, 5.74) is 2.23. The highest BCUT2D eigenvalue weighted by Gasteiger charge is 2.23. The lowest BCUT2D eigenvalue weighted by molar-refractivity contribution is -0.117. The number of nitrogens with one attached hydrogen (secondary N) is 1. The number of benzene rings is 1. The number of rotatable bonds is 7. The maximum Gasteiger partial charge on any atom is 0.238 e. The number of likely N-dealkylation sites (tertiary alicyclic amines) is 1. The van der Waals surface area contributed by atoms with E-state index in [4.69, 9.17) is 4.74 Å². The molecule has 27 heavy (non-hydrogen) atoms. The molecule has 0 spiro atoms. The molecule has 1 N–H and O–H groups in total. The Labute approximate surface area is 164 Å². The minimum atomic E-state index is 0.0953. The average molecular weight is 374 g/mol. The highest BCUT2D eigenvalue weighted by atomic mass is 16.5. The fraction of sp³-hybridized carbons (Fsp3) is 0.682. The van der Waals surface area contributed by atoms with Crippen LogP contribution in [0.15, 0.2) is 24.3 Å². The summed E-state index contributed by atoms with van der Waals surface area (Å²) in [4.78, 5) is 17.2. The Morgan fingerprint density at radius 2 is 1.78 bits per heavy atom. The molecule has 2 saturated heterocycles. The van der Waals surface area contributed by atoms with Gasteiger partial charge in [0.1, 0.15) is 0 Å². The van der Waals surface area contributed by atoms with Crippen LogP contribution in [0, 0.1) is 5.92 Å². The van der Waals surface area contributed by atoms with E-state index in [0.717, 1.165) is 57.4 Å². The first-order valence-electron chi connectivity index (χ1n) is 10.6. The van der Waals surface area contributed by atoms with Crippen molar-refractivity contribution in [2.24, 2.45) is 5.92 Å². The van der Waals surface area contributed by atoms with E-state index >= 15 is 0 Å². The lowest BCUT2D eigenvalue weighted by Crippen LogP contribution is -2.44. The summed E-state index contributed by atoms with van der Waals surface area (Å²) in [7, 11) is 0. The molecule has 1 amide bonds. The van der Waals surface area contributed by atoms with E-state index in [9.17, 15) is 4.79 Å². The van der Waals surface area contributed by atoms with Crippen molar-refractivity contribution in [3.8, 4) is 0 Å². The van der Waals surface area contributed by atoms with Crippen molar-refractivity contribution in [3.05, 3.63) is 29.8 Å². The number of carbonyl (C=O) groups is 1. The summed E-state index contributed by atoms with van der Waals surface area (Å²) >= 11 is 0. The van der Waals surface area contributed by atoms with Crippen LogP contribution in [0.3, 0.4) is 0 Å². The zero-order valence-electron chi connectivity index (χ0n) is 17.0. The van der Waals surface area contributed by atoms with E-state index in [0.29, 0.717) is 12.5 Å². The number of piperidine rings is 1. The van der Waals surface area contributed by atoms with Crippen molar-refractivity contribution in [1.29, 1.82) is 0 Å². The maximum atomic E-state index is 12.4. The fourth-order valence-electron chi connectivity index (χ4n) is 4.01. The Morgan fingerprint density at radius 1 is 1.11 bits per heavy atom. The third-order valence-corrected chi connectivity index (χ3v) is 6.07. The van der Waals surface area contributed by atoms with Gasteiger partial charge in [0.15, 0.2) is 0 Å². The molecule has 5 nitrogen and oxygen atoms in total. The third-order valence-electron chi connectivity index (χ3n) is 6.07. The topological polar surface area (TPSA) is 44.8 Å². The quantitative estimate of drug-likeness (QED) is 0.797. The molecule has 5 heteroatoms. The lowest BCUT2D eigenvalue weighted by atomic mass is 9.96. The number of anilines is 1. The van der Waals surface area contributed by atoms with E-state index in [1.165, 1.54) is 24.9 Å². The first kappa shape index (κ1) is 20.3. The second-order valence-electron chi connectivity index (χ2n) is 8.11. The highest BCUT2D eigenvalue weighted by molar-refractivity contribution is 5.92. The molecule has 1 aromatic rings. The summed E-state index contributed by atoms with van der Waals surface area (Å²) in [6.07, 6.45) is 3.51. The predicted molar refractivity (Wildman–Crippen MR) is 110 cm³/mol. The molecule has 0 radical (unpaired) electrons. The van der Waals surface area contributed by atoms with Gasteiger partial charge in [-0.15, -0.1) is 0 Å². The number of morpholine rings is 1. The summed E-state index contributed by atoms with van der Waals surface area (Å²) in [6.45, 7) is 12.0. The van der Waals surface area contributed by atoms with Crippen molar-refractivity contribution in [3.63, 3.8) is 0 Å². The molecule has 3 rings (SSSR count). The van der Waals surface area contributed by atoms with E-state index in [-0.39, 0.29) is 5.91 Å². The molecule has 0 saturated carbocycles. The van der Waals surface area contributed by atoms with Crippen LogP contribution in [-0.2, 0) is 9.53 Å². The van der Waals surface area contributed by atoms with Crippen molar-refractivity contribution in [1.82, 2.24) is 9.80 Å². The molecule has 2 aliphatic rings. The summed E-state index contributed by atoms with van der Waals surface area (Å²) < 4.78 is 5.43. The summed E-state index contributed by atoms with van der Waals surface area (Å²) in [6, 6.07) is 8.30. The second kappa shape index (κ2) is 10.2. The highest BCUT2D eigenvalue weighted by Crippen LogP contribution is 2.21. The van der Waals surface area contributed by atoms with E-state index < -0.39 is 0 Å². The van der Waals surface area contributed by atoms with Crippen LogP contribution >= 0.6 is 0 Å². The first-order valence-corrected chi connectivity index (χ1v) is 10.6. The molecule has 1 aromatic carbocycles. The molecule has 2 heterocycles. The monoisotopic (exact) mass is 373 g/mol. The molecule has 150 valence electrons. The Balaban J connectivity index is 1.37. The van der Waals surface area contributed by atoms with Crippen molar-refractivity contribution in [2.75, 3.05) is 57.8 Å². The second-order valence-corrected chi connectivity index (χ2v) is 8.11. The number of amides is 1. The number of carbonyl (C=O) groups excluding carboxylic acids is 1. The van der Waals surface area contributed by atoms with Gasteiger partial charge in [0.05, 0.1) is 19.8 Å². The van der Waals surface area contributed by atoms with Crippen LogP contribution in [-0.4, -0.2) is 68.2 Å². The normalized spacial score (nSPS) is 21.1. The SMILES string of the molecule is CCC(C)c1ccc(NC(=O)CN2CCC(CN3CCOCC3)CC2)cc1. The minimum Gasteiger partial charge on any atom is -0.379 e. The van der Waals surface area contributed by atoms with Gasteiger partial charge in [-0.05, 0) is 61.9 Å². The van der Waals surface area contributed by atoms with Crippen LogP contribution in [0.25, 0.3) is 0 Å². The number of nitrogens with zero attached hydrogens (tertiary/aromatic N) is 2. The third kappa shape index (κ3) is 6.30. The molecule has 2 aliphatic heterocycles. The predicted octanol–water partition coefficient (Wildman–Crippen LogP) is 3.18. The van der Waals surface area contributed by atoms with Gasteiger partial charge in [-0.3, -0.25) is 14.6 Å². The standard InChI is InChI=1S/C22H35N3O2/c1-3-18(2)20-4-6-21(7-5-20)23-22(26)17-24-10-8-19(9-11-24)16-25-12-14-27-15-13-25/h4-7,18-19H,3,8-17H2,1-2H3,(H,23,26). The molecule has 0 aliphatic carbocycles. The molecule has 2 fully saturated rings. The van der Waals surface area contributed by atoms with Crippen LogP contribution in [0.4, 0.5) is 5.69 Å². The Hall–Kier alpha value is -1.43. The molecular formula is C22H35N3O2. The van der Waals surface area contributed by atoms with Crippen LogP contribution < -0.4 is 5.32 Å². The van der Waals surface area contributed by atoms with Gasteiger partial charge in [0.25, 0.3) is 0 Å². The van der Waals surface area contributed by atoms with Gasteiger partial charge in [-0.2, -0.15) is 0 Å². The number of hydrogen-bond donors (Lipinski definition) is 1. The zero-order valence-corrected chi connectivity index (χ0v) is 17.0. The Kier molecular flexibility index (Phi) is 7.68. The lowest BCUT2D eigenvalue weighted by Gasteiger charge is -2.35. The van der Waals surface area contributed by atoms with E-state index in [2.05, 4.69) is 41.1 Å². The maximum absolute atomic E-state index is 12.4. The average Bonchev–Trinajstić information content (AvgIpc) is 2.70. The number of ether oxygens (including phenoxy) is 1. The molecule has 0 aromatic heterocycles. The van der Waals surface area contributed by atoms with Gasteiger partial charge in [-0.1, -0.05) is 26.0 Å². The summed E-state index contributed by atoms with van der Waals surface area (Å²) in [5.74, 6) is 1.42. The number of hydrogen-bond acceptors (Lipinski definition) is 4. The van der Waals surface area contributed by atoms with E-state index in [1.807, 2.05) is 12.1 Å². The summed E-state index contributed by atoms with van der Waals surface area (Å²) in [5, 5.41) is 3.05. The largest absolute Gasteiger partial charge is 0.379 e. The fourth-order valence-corrected chi connectivity index (χ4v) is 4.01. The van der Waals surface area contributed by atoms with Crippen molar-refractivity contribution < 1.29 is 9.53 Å². The zero-order chi connectivity index (χ0) is 19.1. The van der Waals surface area contributed by atoms with Gasteiger partial charge in [0.2, 0.25) is 5.91 Å². The van der Waals surface area contributed by atoms with Crippen LogP contribution in [0.1, 0.15) is 44.6 Å². The minimum absolute atomic E-state index is 0.0953. The van der Waals surface area contributed by atoms with E-state index in [1.54, 1.807) is 0 Å². The van der Waals surface area contributed by atoms with Gasteiger partial charge in [0, 0.05) is 25.3 Å². The molecule has 1 atom stereocenters. The Morgan fingerprint density at radius 3 is 2.41 bits per heavy atom. The first-order chi connectivity index (χ1) is 13.1. The van der Waals surface area contributed by atoms with Crippen molar-refractivity contribution in [2.45, 2.75) is 39.0 Å². The smallest absolute Gasteiger partial charge is 0.238 e. The van der Waals surface area contributed by atoms with Crippen LogP contribution in [0.5, 0.6) is 0 Å².